The Kier molecular flexibility index (Phi) is 7.57. The Morgan fingerprint density at radius 3 is 1.83 bits per heavy atom. The summed E-state index contributed by atoms with van der Waals surface area (Å²) < 4.78 is 2.65. The highest BCUT2D eigenvalue weighted by atomic mass is 32.1. The molecule has 1 unspecified atom stereocenters. The van der Waals surface area contributed by atoms with E-state index < -0.39 is 0 Å². The van der Waals surface area contributed by atoms with E-state index in [1.54, 1.807) is 0 Å². The van der Waals surface area contributed by atoms with Gasteiger partial charge in [-0.1, -0.05) is 176 Å². The van der Waals surface area contributed by atoms with Crippen molar-refractivity contribution in [1.82, 2.24) is 9.97 Å². The zero-order valence-electron chi connectivity index (χ0n) is 32.4. The lowest BCUT2D eigenvalue weighted by Crippen LogP contribution is -2.22. The molecule has 0 saturated carbocycles. The Labute approximate surface area is 346 Å². The van der Waals surface area contributed by atoms with E-state index in [0.717, 1.165) is 33.6 Å². The molecule has 0 aliphatic heterocycles. The van der Waals surface area contributed by atoms with Crippen molar-refractivity contribution in [2.45, 2.75) is 12.3 Å². The Morgan fingerprint density at radius 1 is 0.407 bits per heavy atom. The number of hydrogen-bond acceptors (Lipinski definition) is 3. The molecule has 0 amide bonds. The van der Waals surface area contributed by atoms with Crippen LogP contribution in [0.1, 0.15) is 23.6 Å². The topological polar surface area (TPSA) is 25.8 Å². The Bertz CT molecular complexity index is 3460. The maximum absolute atomic E-state index is 5.34. The normalized spacial score (nSPS) is 14.6. The standard InChI is InChI=1S/C56H36N2S/c1-56(39-20-6-3-7-21-39)47-28-13-12-26-44(47)52-45(27-15-29-48(52)56)50-34-49(57-55(58-50)35-16-4-2-5-17-35)38-19-14-18-36(32-38)37-30-31-51-46(33-37)53-42-24-10-8-22-40(42)41-23-9-11-25-43(41)54(53)59-51/h2-34H,1H3. The van der Waals surface area contributed by atoms with Gasteiger partial charge in [-0.3, -0.25) is 0 Å². The van der Waals surface area contributed by atoms with Crippen LogP contribution in [-0.2, 0) is 5.41 Å². The summed E-state index contributed by atoms with van der Waals surface area (Å²) in [6.07, 6.45) is 0. The Hall–Kier alpha value is -7.20. The molecule has 9 aromatic carbocycles. The van der Waals surface area contributed by atoms with Crippen molar-refractivity contribution >= 4 is 53.1 Å². The maximum atomic E-state index is 5.34. The summed E-state index contributed by atoms with van der Waals surface area (Å²) in [5.74, 6) is 0.712. The third-order valence-corrected chi connectivity index (χ3v) is 13.8. The van der Waals surface area contributed by atoms with Gasteiger partial charge in [0.15, 0.2) is 5.82 Å². The van der Waals surface area contributed by atoms with E-state index in [9.17, 15) is 0 Å². The molecule has 2 nitrogen and oxygen atoms in total. The fraction of sp³-hybridized carbons (Fsp3) is 0.0357. The minimum atomic E-state index is -0.302. The Morgan fingerprint density at radius 2 is 1.00 bits per heavy atom. The highest BCUT2D eigenvalue weighted by Gasteiger charge is 2.41. The molecule has 1 aliphatic carbocycles. The third-order valence-electron chi connectivity index (χ3n) is 12.6. The summed E-state index contributed by atoms with van der Waals surface area (Å²) in [6, 6.07) is 72.6. The SMILES string of the molecule is CC1(c2ccccc2)c2ccccc2-c2c(-c3cc(-c4cccc(-c5ccc6sc7c8ccccc8c8ccccc8c7c6c5)c4)nc(-c4ccccc4)n3)cccc21. The van der Waals surface area contributed by atoms with E-state index >= 15 is 0 Å². The lowest BCUT2D eigenvalue weighted by molar-refractivity contribution is 0.714. The number of fused-ring (bicyclic) bond motifs is 11. The smallest absolute Gasteiger partial charge is 0.160 e. The van der Waals surface area contributed by atoms with Crippen LogP contribution in [0.25, 0.3) is 97.9 Å². The number of hydrogen-bond donors (Lipinski definition) is 0. The third kappa shape index (κ3) is 5.18. The van der Waals surface area contributed by atoms with Gasteiger partial charge in [0.1, 0.15) is 0 Å². The summed E-state index contributed by atoms with van der Waals surface area (Å²) in [5, 5.41) is 7.87. The number of aromatic nitrogens is 2. The van der Waals surface area contributed by atoms with Gasteiger partial charge in [0.05, 0.1) is 11.4 Å². The van der Waals surface area contributed by atoms with Gasteiger partial charge in [0.2, 0.25) is 0 Å². The molecule has 276 valence electrons. The van der Waals surface area contributed by atoms with Gasteiger partial charge >= 0.3 is 0 Å². The molecule has 1 atom stereocenters. The predicted octanol–water partition coefficient (Wildman–Crippen LogP) is 15.2. The van der Waals surface area contributed by atoms with E-state index in [2.05, 4.69) is 201 Å². The minimum absolute atomic E-state index is 0.302. The first-order valence-electron chi connectivity index (χ1n) is 20.2. The first-order chi connectivity index (χ1) is 29.1. The van der Waals surface area contributed by atoms with Gasteiger partial charge in [-0.05, 0) is 86.3 Å². The molecule has 3 heteroatoms. The van der Waals surface area contributed by atoms with Crippen molar-refractivity contribution in [3.63, 3.8) is 0 Å². The lowest BCUT2D eigenvalue weighted by atomic mass is 9.74. The maximum Gasteiger partial charge on any atom is 0.160 e. The largest absolute Gasteiger partial charge is 0.228 e. The summed E-state index contributed by atoms with van der Waals surface area (Å²) in [4.78, 5) is 10.6. The van der Waals surface area contributed by atoms with Crippen LogP contribution in [0.2, 0.25) is 0 Å². The molecule has 1 aliphatic rings. The van der Waals surface area contributed by atoms with Gasteiger partial charge in [-0.2, -0.15) is 0 Å². The van der Waals surface area contributed by atoms with Crippen LogP contribution in [0.5, 0.6) is 0 Å². The van der Waals surface area contributed by atoms with Gasteiger partial charge < -0.3 is 0 Å². The van der Waals surface area contributed by atoms with Crippen LogP contribution in [0.15, 0.2) is 200 Å². The fourth-order valence-electron chi connectivity index (χ4n) is 9.73. The van der Waals surface area contributed by atoms with Crippen LogP contribution < -0.4 is 0 Å². The van der Waals surface area contributed by atoms with Crippen LogP contribution in [0, 0.1) is 0 Å². The molecule has 0 spiro atoms. The zero-order chi connectivity index (χ0) is 39.1. The first-order valence-corrected chi connectivity index (χ1v) is 21.1. The van der Waals surface area contributed by atoms with Gasteiger partial charge in [0, 0.05) is 47.7 Å². The summed E-state index contributed by atoms with van der Waals surface area (Å²) in [6.45, 7) is 2.37. The van der Waals surface area contributed by atoms with Gasteiger partial charge in [0.25, 0.3) is 0 Å². The quantitative estimate of drug-likeness (QED) is 0.163. The molecular formula is C56H36N2S. The molecule has 0 bridgehead atoms. The number of thiophene rings is 1. The molecule has 0 N–H and O–H groups in total. The fourth-order valence-corrected chi connectivity index (χ4v) is 11.0. The van der Waals surface area contributed by atoms with Crippen molar-refractivity contribution in [3.05, 3.63) is 217 Å². The summed E-state index contributed by atoms with van der Waals surface area (Å²) >= 11 is 1.89. The predicted molar refractivity (Wildman–Crippen MR) is 249 cm³/mol. The van der Waals surface area contributed by atoms with Crippen molar-refractivity contribution in [1.29, 1.82) is 0 Å². The summed E-state index contributed by atoms with van der Waals surface area (Å²) in [7, 11) is 0. The van der Waals surface area contributed by atoms with Crippen LogP contribution >= 0.6 is 11.3 Å². The molecule has 0 saturated heterocycles. The first kappa shape index (κ1) is 33.9. The molecule has 0 radical (unpaired) electrons. The van der Waals surface area contributed by atoms with E-state index in [4.69, 9.17) is 9.97 Å². The monoisotopic (exact) mass is 768 g/mol. The van der Waals surface area contributed by atoms with E-state index in [0.29, 0.717) is 5.82 Å². The molecule has 12 rings (SSSR count). The second-order valence-electron chi connectivity index (χ2n) is 15.8. The van der Waals surface area contributed by atoms with E-state index in [1.807, 2.05) is 17.4 Å². The van der Waals surface area contributed by atoms with Crippen molar-refractivity contribution in [2.24, 2.45) is 0 Å². The second kappa shape index (κ2) is 13.2. The average molecular weight is 769 g/mol. The molecule has 11 aromatic rings. The number of rotatable bonds is 5. The highest BCUT2D eigenvalue weighted by molar-refractivity contribution is 7.27. The minimum Gasteiger partial charge on any atom is -0.228 e. The van der Waals surface area contributed by atoms with Crippen LogP contribution in [-0.4, -0.2) is 9.97 Å². The van der Waals surface area contributed by atoms with E-state index in [-0.39, 0.29) is 5.41 Å². The second-order valence-corrected chi connectivity index (χ2v) is 16.8. The van der Waals surface area contributed by atoms with Crippen LogP contribution in [0.4, 0.5) is 0 Å². The number of nitrogens with zero attached hydrogens (tertiary/aromatic N) is 2. The molecule has 2 aromatic heterocycles. The average Bonchev–Trinajstić information content (AvgIpc) is 3.83. The lowest BCUT2D eigenvalue weighted by Gasteiger charge is -2.28. The van der Waals surface area contributed by atoms with E-state index in [1.165, 1.54) is 75.1 Å². The van der Waals surface area contributed by atoms with Crippen LogP contribution in [0.3, 0.4) is 0 Å². The van der Waals surface area contributed by atoms with Crippen molar-refractivity contribution < 1.29 is 0 Å². The highest BCUT2D eigenvalue weighted by Crippen LogP contribution is 2.55. The molecule has 59 heavy (non-hydrogen) atoms. The summed E-state index contributed by atoms with van der Waals surface area (Å²) in [5.41, 5.74) is 13.4. The zero-order valence-corrected chi connectivity index (χ0v) is 33.2. The van der Waals surface area contributed by atoms with Crippen molar-refractivity contribution in [3.8, 4) is 56.2 Å². The number of benzene rings is 9. The molecule has 2 heterocycles. The molecular weight excluding hydrogens is 733 g/mol. The molecule has 0 fully saturated rings. The van der Waals surface area contributed by atoms with Gasteiger partial charge in [-0.15, -0.1) is 11.3 Å². The van der Waals surface area contributed by atoms with Gasteiger partial charge in [-0.25, -0.2) is 9.97 Å². The Balaban J connectivity index is 1.04. The van der Waals surface area contributed by atoms with Crippen molar-refractivity contribution in [2.75, 3.05) is 0 Å².